The Hall–Kier alpha value is -1.26. The average molecular weight is 259 g/mol. The highest BCUT2D eigenvalue weighted by Gasteiger charge is 2.20. The van der Waals surface area contributed by atoms with Crippen LogP contribution in [0.4, 0.5) is 0 Å². The highest BCUT2D eigenvalue weighted by molar-refractivity contribution is 7.12. The molecule has 4 heteroatoms. The van der Waals surface area contributed by atoms with Gasteiger partial charge in [-0.3, -0.25) is 9.97 Å². The van der Waals surface area contributed by atoms with Gasteiger partial charge >= 0.3 is 0 Å². The van der Waals surface area contributed by atoms with Crippen LogP contribution in [0.3, 0.4) is 0 Å². The van der Waals surface area contributed by atoms with Crippen molar-refractivity contribution in [2.45, 2.75) is 31.7 Å². The summed E-state index contributed by atoms with van der Waals surface area (Å²) in [5.41, 5.74) is 2.55. The van der Waals surface area contributed by atoms with E-state index in [1.54, 1.807) is 22.8 Å². The number of fused-ring (bicyclic) bond motifs is 1. The van der Waals surface area contributed by atoms with Crippen LogP contribution in [0.1, 0.15) is 39.9 Å². The van der Waals surface area contributed by atoms with Crippen LogP contribution in [0.15, 0.2) is 24.7 Å². The van der Waals surface area contributed by atoms with Gasteiger partial charge in [-0.1, -0.05) is 0 Å². The zero-order valence-electron chi connectivity index (χ0n) is 10.5. The van der Waals surface area contributed by atoms with E-state index in [1.807, 2.05) is 24.6 Å². The molecule has 0 saturated heterocycles. The lowest BCUT2D eigenvalue weighted by molar-refractivity contribution is 0.675. The van der Waals surface area contributed by atoms with Gasteiger partial charge in [0, 0.05) is 22.1 Å². The first kappa shape index (κ1) is 11.8. The van der Waals surface area contributed by atoms with Crippen LogP contribution in [0.25, 0.3) is 0 Å². The van der Waals surface area contributed by atoms with Crippen LogP contribution in [0.2, 0.25) is 0 Å². The fraction of sp³-hybridized carbons (Fsp3) is 0.429. The van der Waals surface area contributed by atoms with Crippen LogP contribution in [0.5, 0.6) is 0 Å². The smallest absolute Gasteiger partial charge is 0.0858 e. The fourth-order valence-electron chi connectivity index (χ4n) is 2.55. The zero-order chi connectivity index (χ0) is 12.4. The van der Waals surface area contributed by atoms with Gasteiger partial charge in [0.05, 0.1) is 17.9 Å². The van der Waals surface area contributed by atoms with Crippen LogP contribution in [-0.4, -0.2) is 17.0 Å². The maximum Gasteiger partial charge on any atom is 0.0858 e. The van der Waals surface area contributed by atoms with E-state index in [0.29, 0.717) is 0 Å². The second-order valence-electron chi connectivity index (χ2n) is 4.66. The first-order valence-electron chi connectivity index (χ1n) is 6.43. The molecule has 94 valence electrons. The summed E-state index contributed by atoms with van der Waals surface area (Å²) in [6, 6.07) is 2.53. The van der Waals surface area contributed by atoms with Crippen molar-refractivity contribution in [3.8, 4) is 0 Å². The molecule has 2 aromatic rings. The van der Waals surface area contributed by atoms with Gasteiger partial charge in [0.25, 0.3) is 0 Å². The molecule has 0 saturated carbocycles. The third-order valence-corrected chi connectivity index (χ3v) is 4.77. The van der Waals surface area contributed by atoms with Gasteiger partial charge in [-0.05, 0) is 44.4 Å². The number of hydrogen-bond donors (Lipinski definition) is 1. The standard InChI is InChI=1S/C14H17N3S/c1-15-14(11-9-16-6-7-17-11)13-8-10-4-2-3-5-12(10)18-13/h6-9,14-15H,2-5H2,1H3. The summed E-state index contributed by atoms with van der Waals surface area (Å²) in [4.78, 5) is 11.5. The summed E-state index contributed by atoms with van der Waals surface area (Å²) < 4.78 is 0. The number of thiophene rings is 1. The van der Waals surface area contributed by atoms with E-state index in [2.05, 4.69) is 21.4 Å². The molecule has 18 heavy (non-hydrogen) atoms. The first-order chi connectivity index (χ1) is 8.88. The van der Waals surface area contributed by atoms with E-state index in [9.17, 15) is 0 Å². The van der Waals surface area contributed by atoms with E-state index in [0.717, 1.165) is 5.69 Å². The summed E-state index contributed by atoms with van der Waals surface area (Å²) in [5, 5.41) is 3.35. The first-order valence-corrected chi connectivity index (χ1v) is 7.25. The Kier molecular flexibility index (Phi) is 3.39. The van der Waals surface area contributed by atoms with Gasteiger partial charge in [0.1, 0.15) is 0 Å². The molecule has 1 atom stereocenters. The van der Waals surface area contributed by atoms with Crippen molar-refractivity contribution in [1.29, 1.82) is 0 Å². The van der Waals surface area contributed by atoms with Crippen molar-refractivity contribution in [2.75, 3.05) is 7.05 Å². The predicted molar refractivity (Wildman–Crippen MR) is 73.9 cm³/mol. The van der Waals surface area contributed by atoms with E-state index < -0.39 is 0 Å². The Bertz CT molecular complexity index is 498. The Morgan fingerprint density at radius 2 is 2.17 bits per heavy atom. The number of aromatic nitrogens is 2. The number of rotatable bonds is 3. The maximum atomic E-state index is 4.41. The molecule has 0 spiro atoms. The number of aryl methyl sites for hydroxylation is 2. The molecule has 2 heterocycles. The fourth-order valence-corrected chi connectivity index (χ4v) is 3.93. The number of nitrogens with one attached hydrogen (secondary N) is 1. The van der Waals surface area contributed by atoms with E-state index >= 15 is 0 Å². The number of hydrogen-bond acceptors (Lipinski definition) is 4. The third-order valence-electron chi connectivity index (χ3n) is 3.47. The van der Waals surface area contributed by atoms with Gasteiger partial charge in [0.2, 0.25) is 0 Å². The summed E-state index contributed by atoms with van der Waals surface area (Å²) in [5.74, 6) is 0. The van der Waals surface area contributed by atoms with Gasteiger partial charge in [-0.15, -0.1) is 11.3 Å². The molecule has 0 amide bonds. The molecule has 2 aromatic heterocycles. The largest absolute Gasteiger partial charge is 0.307 e. The quantitative estimate of drug-likeness (QED) is 0.921. The van der Waals surface area contributed by atoms with Gasteiger partial charge in [-0.2, -0.15) is 0 Å². The van der Waals surface area contributed by atoms with Crippen LogP contribution in [-0.2, 0) is 12.8 Å². The minimum absolute atomic E-state index is 0.175. The molecule has 0 aliphatic heterocycles. The van der Waals surface area contributed by atoms with Crippen molar-refractivity contribution in [3.05, 3.63) is 45.7 Å². The van der Waals surface area contributed by atoms with Gasteiger partial charge in [-0.25, -0.2) is 0 Å². The molecule has 0 aromatic carbocycles. The third kappa shape index (κ3) is 2.18. The minimum atomic E-state index is 0.175. The van der Waals surface area contributed by atoms with E-state index in [1.165, 1.54) is 30.6 Å². The Morgan fingerprint density at radius 1 is 1.28 bits per heavy atom. The summed E-state index contributed by atoms with van der Waals surface area (Å²) in [7, 11) is 1.98. The lowest BCUT2D eigenvalue weighted by atomic mass is 9.98. The van der Waals surface area contributed by atoms with E-state index in [-0.39, 0.29) is 6.04 Å². The highest BCUT2D eigenvalue weighted by Crippen LogP contribution is 2.34. The molecular weight excluding hydrogens is 242 g/mol. The molecule has 0 bridgehead atoms. The van der Waals surface area contributed by atoms with Gasteiger partial charge in [0.15, 0.2) is 0 Å². The van der Waals surface area contributed by atoms with Crippen LogP contribution in [0, 0.1) is 0 Å². The second-order valence-corrected chi connectivity index (χ2v) is 5.82. The molecule has 1 aliphatic carbocycles. The normalized spacial score (nSPS) is 16.3. The molecule has 1 aliphatic rings. The molecular formula is C14H17N3S. The van der Waals surface area contributed by atoms with Crippen molar-refractivity contribution >= 4 is 11.3 Å². The minimum Gasteiger partial charge on any atom is -0.307 e. The van der Waals surface area contributed by atoms with Crippen LogP contribution >= 0.6 is 11.3 Å². The highest BCUT2D eigenvalue weighted by atomic mass is 32.1. The van der Waals surface area contributed by atoms with Crippen molar-refractivity contribution in [3.63, 3.8) is 0 Å². The topological polar surface area (TPSA) is 37.8 Å². The monoisotopic (exact) mass is 259 g/mol. The average Bonchev–Trinajstić information content (AvgIpc) is 2.84. The summed E-state index contributed by atoms with van der Waals surface area (Å²) >= 11 is 1.93. The van der Waals surface area contributed by atoms with Gasteiger partial charge < -0.3 is 5.32 Å². The van der Waals surface area contributed by atoms with Crippen LogP contribution < -0.4 is 5.32 Å². The van der Waals surface area contributed by atoms with E-state index in [4.69, 9.17) is 0 Å². The lowest BCUT2D eigenvalue weighted by Crippen LogP contribution is -2.17. The molecule has 0 fully saturated rings. The maximum absolute atomic E-state index is 4.41. The zero-order valence-corrected chi connectivity index (χ0v) is 11.3. The van der Waals surface area contributed by atoms with Crippen molar-refractivity contribution in [2.24, 2.45) is 0 Å². The molecule has 3 nitrogen and oxygen atoms in total. The molecule has 0 radical (unpaired) electrons. The number of nitrogens with zero attached hydrogens (tertiary/aromatic N) is 2. The Morgan fingerprint density at radius 3 is 2.89 bits per heavy atom. The Labute approximate surface area is 111 Å². The molecule has 1 N–H and O–H groups in total. The Balaban J connectivity index is 1.94. The lowest BCUT2D eigenvalue weighted by Gasteiger charge is -2.12. The SMILES string of the molecule is CNC(c1cnccn1)c1cc2c(s1)CCCC2. The van der Waals surface area contributed by atoms with Crippen molar-refractivity contribution < 1.29 is 0 Å². The summed E-state index contributed by atoms with van der Waals surface area (Å²) in [6.45, 7) is 0. The molecule has 1 unspecified atom stereocenters. The second kappa shape index (κ2) is 5.16. The summed E-state index contributed by atoms with van der Waals surface area (Å²) in [6.07, 6.45) is 10.5. The van der Waals surface area contributed by atoms with Crippen molar-refractivity contribution in [1.82, 2.24) is 15.3 Å². The predicted octanol–water partition coefficient (Wildman–Crippen LogP) is 2.73. The molecule has 3 rings (SSSR count).